The maximum Gasteiger partial charge on any atom is 0.309 e. The van der Waals surface area contributed by atoms with Crippen molar-refractivity contribution in [2.75, 3.05) is 18.4 Å². The molecule has 8 nitrogen and oxygen atoms in total. The number of nitrogens with zero attached hydrogens (tertiary/aromatic N) is 2. The maximum atomic E-state index is 12.7. The second-order valence-electron chi connectivity index (χ2n) is 7.04. The van der Waals surface area contributed by atoms with Crippen molar-refractivity contribution in [3.8, 4) is 0 Å². The zero-order valence-electron chi connectivity index (χ0n) is 16.6. The number of carbonyl (C=O) groups is 2. The van der Waals surface area contributed by atoms with Crippen molar-refractivity contribution in [2.24, 2.45) is 5.92 Å². The van der Waals surface area contributed by atoms with Crippen LogP contribution < -0.4 is 5.32 Å². The van der Waals surface area contributed by atoms with Crippen LogP contribution in [0.5, 0.6) is 0 Å². The Balaban J connectivity index is 1.53. The highest BCUT2D eigenvalue weighted by molar-refractivity contribution is 7.89. The summed E-state index contributed by atoms with van der Waals surface area (Å²) in [5.41, 5.74) is 0.316. The normalized spacial score (nSPS) is 16.5. The van der Waals surface area contributed by atoms with Crippen molar-refractivity contribution in [3.05, 3.63) is 52.8 Å². The molecule has 2 aromatic rings. The Morgan fingerprint density at radius 1 is 1.19 bits per heavy atom. The summed E-state index contributed by atoms with van der Waals surface area (Å²) in [7, 11) is -3.66. The number of piperidine rings is 1. The number of esters is 1. The molecule has 31 heavy (non-hydrogen) atoms. The number of amides is 1. The van der Waals surface area contributed by atoms with Gasteiger partial charge in [0.25, 0.3) is 5.91 Å². The van der Waals surface area contributed by atoms with E-state index in [4.69, 9.17) is 27.9 Å². The van der Waals surface area contributed by atoms with E-state index in [9.17, 15) is 18.0 Å². The molecule has 166 valence electrons. The molecule has 0 aliphatic carbocycles. The number of rotatable bonds is 6. The quantitative estimate of drug-likeness (QED) is 0.628. The summed E-state index contributed by atoms with van der Waals surface area (Å²) >= 11 is 12.0. The zero-order chi connectivity index (χ0) is 22.6. The first-order valence-corrected chi connectivity index (χ1v) is 11.8. The van der Waals surface area contributed by atoms with Gasteiger partial charge in [0.15, 0.2) is 6.10 Å². The number of nitrogens with one attached hydrogen (secondary N) is 1. The minimum atomic E-state index is -3.66. The van der Waals surface area contributed by atoms with Crippen molar-refractivity contribution >= 4 is 50.8 Å². The summed E-state index contributed by atoms with van der Waals surface area (Å²) in [4.78, 5) is 28.8. The highest BCUT2D eigenvalue weighted by atomic mass is 35.5. The standard InChI is InChI=1S/C20H21Cl2N3O5S/c1-13(19(26)24-17-6-2-5-16(21)18(17)22)30-20(27)14-7-10-25(11-8-14)31(28,29)15-4-3-9-23-12-15/h2-6,9,12-14H,7-8,10-11H2,1H3,(H,24,26). The number of pyridine rings is 1. The van der Waals surface area contributed by atoms with Crippen LogP contribution in [0.1, 0.15) is 19.8 Å². The van der Waals surface area contributed by atoms with E-state index in [0.717, 1.165) is 0 Å². The second kappa shape index (κ2) is 9.95. The minimum absolute atomic E-state index is 0.112. The fourth-order valence-corrected chi connectivity index (χ4v) is 4.92. The predicted molar refractivity (Wildman–Crippen MR) is 116 cm³/mol. The maximum absolute atomic E-state index is 12.7. The van der Waals surface area contributed by atoms with Gasteiger partial charge in [-0.05, 0) is 44.0 Å². The van der Waals surface area contributed by atoms with Crippen LogP contribution in [0.25, 0.3) is 0 Å². The van der Waals surface area contributed by atoms with Crippen LogP contribution in [0.3, 0.4) is 0 Å². The van der Waals surface area contributed by atoms with Crippen LogP contribution in [-0.2, 0) is 24.3 Å². The number of hydrogen-bond acceptors (Lipinski definition) is 6. The molecule has 1 aliphatic heterocycles. The topological polar surface area (TPSA) is 106 Å². The Morgan fingerprint density at radius 3 is 2.55 bits per heavy atom. The smallest absolute Gasteiger partial charge is 0.309 e. The first-order valence-electron chi connectivity index (χ1n) is 9.55. The van der Waals surface area contributed by atoms with Gasteiger partial charge in [0.05, 0.1) is 21.7 Å². The fraction of sp³-hybridized carbons (Fsp3) is 0.350. The van der Waals surface area contributed by atoms with Gasteiger partial charge >= 0.3 is 5.97 Å². The molecule has 3 rings (SSSR count). The van der Waals surface area contributed by atoms with Crippen molar-refractivity contribution in [2.45, 2.75) is 30.8 Å². The zero-order valence-corrected chi connectivity index (χ0v) is 19.0. The number of ether oxygens (including phenoxy) is 1. The van der Waals surface area contributed by atoms with Gasteiger partial charge in [0.1, 0.15) is 4.90 Å². The average Bonchev–Trinajstić information content (AvgIpc) is 2.77. The molecule has 1 unspecified atom stereocenters. The van der Waals surface area contributed by atoms with Gasteiger partial charge in [-0.25, -0.2) is 8.42 Å². The Morgan fingerprint density at radius 2 is 1.90 bits per heavy atom. The van der Waals surface area contributed by atoms with Crippen molar-refractivity contribution in [3.63, 3.8) is 0 Å². The van der Waals surface area contributed by atoms with Crippen LogP contribution in [0.4, 0.5) is 5.69 Å². The molecule has 0 spiro atoms. The third kappa shape index (κ3) is 5.54. The molecule has 1 fully saturated rings. The van der Waals surface area contributed by atoms with E-state index in [2.05, 4.69) is 10.3 Å². The van der Waals surface area contributed by atoms with Crippen LogP contribution in [0.2, 0.25) is 10.0 Å². The van der Waals surface area contributed by atoms with Crippen molar-refractivity contribution < 1.29 is 22.7 Å². The number of benzene rings is 1. The Bertz CT molecular complexity index is 1060. The first kappa shape index (κ1) is 23.5. The number of aromatic nitrogens is 1. The second-order valence-corrected chi connectivity index (χ2v) is 9.76. The number of carbonyl (C=O) groups excluding carboxylic acids is 2. The number of anilines is 1. The van der Waals surface area contributed by atoms with Crippen LogP contribution in [-0.4, -0.2) is 48.8 Å². The van der Waals surface area contributed by atoms with E-state index in [1.165, 1.54) is 29.7 Å². The van der Waals surface area contributed by atoms with E-state index >= 15 is 0 Å². The van der Waals surface area contributed by atoms with E-state index < -0.39 is 33.9 Å². The monoisotopic (exact) mass is 485 g/mol. The van der Waals surface area contributed by atoms with E-state index in [1.807, 2.05) is 0 Å². The SMILES string of the molecule is CC(OC(=O)C1CCN(S(=O)(=O)c2cccnc2)CC1)C(=O)Nc1cccc(Cl)c1Cl. The molecule has 1 N–H and O–H groups in total. The molecule has 0 radical (unpaired) electrons. The Labute approximate surface area is 190 Å². The van der Waals surface area contributed by atoms with Crippen LogP contribution in [0.15, 0.2) is 47.6 Å². The van der Waals surface area contributed by atoms with Gasteiger partial charge in [-0.3, -0.25) is 14.6 Å². The lowest BCUT2D eigenvalue weighted by Crippen LogP contribution is -2.41. The lowest BCUT2D eigenvalue weighted by atomic mass is 9.98. The summed E-state index contributed by atoms with van der Waals surface area (Å²) in [5.74, 6) is -1.59. The summed E-state index contributed by atoms with van der Waals surface area (Å²) in [6, 6.07) is 7.84. The lowest BCUT2D eigenvalue weighted by molar-refractivity contribution is -0.158. The molecule has 1 amide bonds. The average molecular weight is 486 g/mol. The molecule has 1 aliphatic rings. The highest BCUT2D eigenvalue weighted by Gasteiger charge is 2.34. The van der Waals surface area contributed by atoms with Gasteiger partial charge in [0.2, 0.25) is 10.0 Å². The molecule has 0 saturated carbocycles. The third-order valence-corrected chi connectivity index (χ3v) is 7.63. The Kier molecular flexibility index (Phi) is 7.53. The van der Waals surface area contributed by atoms with Crippen molar-refractivity contribution in [1.82, 2.24) is 9.29 Å². The number of halogens is 2. The molecule has 11 heteroatoms. The minimum Gasteiger partial charge on any atom is -0.452 e. The lowest BCUT2D eigenvalue weighted by Gasteiger charge is -2.30. The summed E-state index contributed by atoms with van der Waals surface area (Å²) in [5, 5.41) is 3.06. The van der Waals surface area contributed by atoms with E-state index in [0.29, 0.717) is 18.5 Å². The predicted octanol–water partition coefficient (Wildman–Crippen LogP) is 3.36. The molecule has 1 atom stereocenters. The van der Waals surface area contributed by atoms with Gasteiger partial charge in [0, 0.05) is 25.5 Å². The highest BCUT2D eigenvalue weighted by Crippen LogP contribution is 2.30. The molecular formula is C20H21Cl2N3O5S. The van der Waals surface area contributed by atoms with Gasteiger partial charge < -0.3 is 10.1 Å². The fourth-order valence-electron chi connectivity index (χ4n) is 3.14. The third-order valence-electron chi connectivity index (χ3n) is 4.93. The van der Waals surface area contributed by atoms with E-state index in [1.54, 1.807) is 24.3 Å². The van der Waals surface area contributed by atoms with Crippen LogP contribution >= 0.6 is 23.2 Å². The van der Waals surface area contributed by atoms with Crippen molar-refractivity contribution in [1.29, 1.82) is 0 Å². The summed E-state index contributed by atoms with van der Waals surface area (Å²) in [6.07, 6.45) is 2.33. The van der Waals surface area contributed by atoms with Crippen LogP contribution in [0, 0.1) is 5.92 Å². The van der Waals surface area contributed by atoms with Gasteiger partial charge in [-0.1, -0.05) is 29.3 Å². The summed E-state index contributed by atoms with van der Waals surface area (Å²) < 4.78 is 31.9. The van der Waals surface area contributed by atoms with Gasteiger partial charge in [-0.15, -0.1) is 0 Å². The van der Waals surface area contributed by atoms with E-state index in [-0.39, 0.29) is 28.0 Å². The number of hydrogen-bond donors (Lipinski definition) is 1. The van der Waals surface area contributed by atoms with Gasteiger partial charge in [-0.2, -0.15) is 4.31 Å². The molecule has 0 bridgehead atoms. The molecule has 2 heterocycles. The molecule has 1 aromatic heterocycles. The molecular weight excluding hydrogens is 465 g/mol. The first-order chi connectivity index (χ1) is 14.7. The molecule has 1 saturated heterocycles. The number of sulfonamides is 1. The summed E-state index contributed by atoms with van der Waals surface area (Å²) in [6.45, 7) is 1.80. The molecule has 1 aromatic carbocycles. The Hall–Kier alpha value is -2.20. The largest absolute Gasteiger partial charge is 0.452 e.